The van der Waals surface area contributed by atoms with Crippen LogP contribution in [0.4, 0.5) is 13.2 Å². The second kappa shape index (κ2) is 7.57. The number of rotatable bonds is 6. The fourth-order valence-corrected chi connectivity index (χ4v) is 3.17. The van der Waals surface area contributed by atoms with Crippen LogP contribution in [-0.4, -0.2) is 14.8 Å². The van der Waals surface area contributed by atoms with Crippen LogP contribution in [0.1, 0.15) is 5.56 Å². The highest BCUT2D eigenvalue weighted by atomic mass is 32.2. The van der Waals surface area contributed by atoms with Crippen molar-refractivity contribution in [2.24, 2.45) is 0 Å². The van der Waals surface area contributed by atoms with Crippen molar-refractivity contribution >= 4 is 11.8 Å². The van der Waals surface area contributed by atoms with Gasteiger partial charge in [0, 0.05) is 17.9 Å². The molecule has 0 aliphatic rings. The molecular weight excluding hydrogens is 347 g/mol. The van der Waals surface area contributed by atoms with Crippen LogP contribution < -0.4 is 0 Å². The van der Waals surface area contributed by atoms with Gasteiger partial charge in [0.25, 0.3) is 0 Å². The van der Waals surface area contributed by atoms with Crippen molar-refractivity contribution in [1.29, 1.82) is 0 Å². The average Bonchev–Trinajstić information content (AvgIpc) is 3.00. The Morgan fingerprint density at radius 2 is 1.76 bits per heavy atom. The van der Waals surface area contributed by atoms with Crippen LogP contribution in [0.15, 0.2) is 60.3 Å². The van der Waals surface area contributed by atoms with Crippen LogP contribution in [0, 0.1) is 17.5 Å². The second-order valence-electron chi connectivity index (χ2n) is 5.25. The van der Waals surface area contributed by atoms with Crippen LogP contribution in [0.5, 0.6) is 0 Å². The molecule has 0 saturated carbocycles. The van der Waals surface area contributed by atoms with Gasteiger partial charge in [-0.1, -0.05) is 23.9 Å². The van der Waals surface area contributed by atoms with Crippen molar-refractivity contribution in [3.05, 3.63) is 78.1 Å². The number of nitrogens with zero attached hydrogens (tertiary/aromatic N) is 3. The van der Waals surface area contributed by atoms with Gasteiger partial charge in [0.2, 0.25) is 0 Å². The van der Waals surface area contributed by atoms with Crippen LogP contribution >= 0.6 is 11.8 Å². The molecular formula is C18H14F3N3S. The molecule has 1 aromatic heterocycles. The van der Waals surface area contributed by atoms with E-state index in [4.69, 9.17) is 0 Å². The number of halogens is 3. The highest BCUT2D eigenvalue weighted by Gasteiger charge is 2.14. The Balaban J connectivity index is 1.84. The van der Waals surface area contributed by atoms with E-state index in [-0.39, 0.29) is 5.82 Å². The first-order chi connectivity index (χ1) is 12.1. The first-order valence-electron chi connectivity index (χ1n) is 7.45. The molecule has 0 fully saturated rings. The lowest BCUT2D eigenvalue weighted by Gasteiger charge is -2.08. The summed E-state index contributed by atoms with van der Waals surface area (Å²) in [5, 5.41) is 8.94. The lowest BCUT2D eigenvalue weighted by molar-refractivity contribution is 0.507. The highest BCUT2D eigenvalue weighted by Crippen LogP contribution is 2.27. The number of allylic oxidation sites excluding steroid dienone is 1. The molecule has 0 bridgehead atoms. The summed E-state index contributed by atoms with van der Waals surface area (Å²) < 4.78 is 41.2. The Bertz CT molecular complexity index is 891. The lowest BCUT2D eigenvalue weighted by Crippen LogP contribution is -2.01. The summed E-state index contributed by atoms with van der Waals surface area (Å²) in [4.78, 5) is 0. The van der Waals surface area contributed by atoms with Crippen LogP contribution in [0.2, 0.25) is 0 Å². The summed E-state index contributed by atoms with van der Waals surface area (Å²) in [7, 11) is 0. The average molecular weight is 361 g/mol. The Morgan fingerprint density at radius 1 is 1.00 bits per heavy atom. The smallest absolute Gasteiger partial charge is 0.192 e. The van der Waals surface area contributed by atoms with Crippen molar-refractivity contribution in [2.45, 2.75) is 17.5 Å². The van der Waals surface area contributed by atoms with Gasteiger partial charge in [-0.2, -0.15) is 0 Å². The topological polar surface area (TPSA) is 30.7 Å². The highest BCUT2D eigenvalue weighted by molar-refractivity contribution is 7.98. The fraction of sp³-hybridized carbons (Fsp3) is 0.111. The molecule has 128 valence electrons. The van der Waals surface area contributed by atoms with Crippen LogP contribution in [-0.2, 0) is 12.3 Å². The van der Waals surface area contributed by atoms with E-state index >= 15 is 0 Å². The maximum Gasteiger partial charge on any atom is 0.192 e. The molecule has 3 rings (SSSR count). The van der Waals surface area contributed by atoms with E-state index in [0.29, 0.717) is 28.8 Å². The molecule has 0 atom stereocenters. The van der Waals surface area contributed by atoms with Crippen molar-refractivity contribution < 1.29 is 13.2 Å². The van der Waals surface area contributed by atoms with Crippen molar-refractivity contribution in [2.75, 3.05) is 0 Å². The van der Waals surface area contributed by atoms with E-state index in [1.165, 1.54) is 30.0 Å². The first kappa shape index (κ1) is 17.3. The molecule has 3 aromatic rings. The zero-order chi connectivity index (χ0) is 17.8. The molecule has 0 aliphatic carbocycles. The quantitative estimate of drug-likeness (QED) is 0.465. The largest absolute Gasteiger partial charge is 0.298 e. The van der Waals surface area contributed by atoms with E-state index in [1.54, 1.807) is 18.2 Å². The van der Waals surface area contributed by atoms with E-state index in [1.807, 2.05) is 4.57 Å². The molecule has 0 unspecified atom stereocenters. The van der Waals surface area contributed by atoms with E-state index in [9.17, 15) is 13.2 Å². The minimum atomic E-state index is -0.877. The molecule has 3 nitrogen and oxygen atoms in total. The normalized spacial score (nSPS) is 10.8. The first-order valence-corrected chi connectivity index (χ1v) is 8.44. The van der Waals surface area contributed by atoms with Crippen molar-refractivity contribution in [1.82, 2.24) is 14.8 Å². The van der Waals surface area contributed by atoms with Crippen molar-refractivity contribution in [3.8, 4) is 11.4 Å². The predicted octanol–water partition coefficient (Wildman–Crippen LogP) is 4.84. The van der Waals surface area contributed by atoms with Crippen molar-refractivity contribution in [3.63, 3.8) is 0 Å². The van der Waals surface area contributed by atoms with E-state index in [2.05, 4.69) is 16.8 Å². The lowest BCUT2D eigenvalue weighted by atomic mass is 10.2. The van der Waals surface area contributed by atoms with Crippen LogP contribution in [0.3, 0.4) is 0 Å². The minimum absolute atomic E-state index is 0.327. The van der Waals surface area contributed by atoms with E-state index in [0.717, 1.165) is 17.7 Å². The number of hydrogen-bond acceptors (Lipinski definition) is 3. The van der Waals surface area contributed by atoms with Gasteiger partial charge in [-0.3, -0.25) is 4.57 Å². The van der Waals surface area contributed by atoms with Gasteiger partial charge in [0.05, 0.1) is 0 Å². The molecule has 0 aliphatic heterocycles. The zero-order valence-corrected chi connectivity index (χ0v) is 13.9. The number of thioether (sulfide) groups is 1. The molecule has 0 N–H and O–H groups in total. The molecule has 0 amide bonds. The third-order valence-electron chi connectivity index (χ3n) is 3.48. The SMILES string of the molecule is C=CCn1c(SCc2ccc(F)c(F)c2)nnc1-c1ccc(F)cc1. The van der Waals surface area contributed by atoms with Gasteiger partial charge in [-0.25, -0.2) is 13.2 Å². The van der Waals surface area contributed by atoms with Gasteiger partial charge >= 0.3 is 0 Å². The van der Waals surface area contributed by atoms with Gasteiger partial charge in [0.15, 0.2) is 22.6 Å². The number of hydrogen-bond donors (Lipinski definition) is 0. The summed E-state index contributed by atoms with van der Waals surface area (Å²) in [6.45, 7) is 4.20. The molecule has 0 spiro atoms. The molecule has 0 radical (unpaired) electrons. The maximum atomic E-state index is 13.3. The molecule has 2 aromatic carbocycles. The molecule has 7 heteroatoms. The third kappa shape index (κ3) is 3.93. The fourth-order valence-electron chi connectivity index (χ4n) is 2.28. The number of benzene rings is 2. The molecule has 0 saturated heterocycles. The Labute approximate surface area is 147 Å². The Morgan fingerprint density at radius 3 is 2.44 bits per heavy atom. The summed E-state index contributed by atoms with van der Waals surface area (Å²) in [6, 6.07) is 9.76. The molecule has 25 heavy (non-hydrogen) atoms. The standard InChI is InChI=1S/C18H14F3N3S/c1-2-9-24-17(13-4-6-14(19)7-5-13)22-23-18(24)25-11-12-3-8-15(20)16(21)10-12/h2-8,10H,1,9,11H2. The monoisotopic (exact) mass is 361 g/mol. The summed E-state index contributed by atoms with van der Waals surface area (Å²) >= 11 is 1.35. The minimum Gasteiger partial charge on any atom is -0.298 e. The van der Waals surface area contributed by atoms with Gasteiger partial charge in [-0.15, -0.1) is 16.8 Å². The number of aromatic nitrogens is 3. The second-order valence-corrected chi connectivity index (χ2v) is 6.19. The summed E-state index contributed by atoms with van der Waals surface area (Å²) in [6.07, 6.45) is 1.71. The predicted molar refractivity (Wildman–Crippen MR) is 91.5 cm³/mol. The van der Waals surface area contributed by atoms with Gasteiger partial charge in [-0.05, 0) is 42.0 Å². The van der Waals surface area contributed by atoms with Gasteiger partial charge < -0.3 is 0 Å². The van der Waals surface area contributed by atoms with E-state index < -0.39 is 11.6 Å². The van der Waals surface area contributed by atoms with Gasteiger partial charge in [0.1, 0.15) is 5.82 Å². The third-order valence-corrected chi connectivity index (χ3v) is 4.52. The summed E-state index contributed by atoms with van der Waals surface area (Å²) in [5.74, 6) is -1.07. The van der Waals surface area contributed by atoms with Crippen LogP contribution in [0.25, 0.3) is 11.4 Å². The summed E-state index contributed by atoms with van der Waals surface area (Å²) in [5.41, 5.74) is 1.37. The molecule has 1 heterocycles. The maximum absolute atomic E-state index is 13.3. The Hall–Kier alpha value is -2.54. The zero-order valence-electron chi connectivity index (χ0n) is 13.1. The Kier molecular flexibility index (Phi) is 5.23.